The molecule has 0 unspecified atom stereocenters. The van der Waals surface area contributed by atoms with Gasteiger partial charge < -0.3 is 45.5 Å². The van der Waals surface area contributed by atoms with Crippen LogP contribution in [0.25, 0.3) is 0 Å². The number of nitrogen functional groups attached to an aromatic ring is 1. The third-order valence-corrected chi connectivity index (χ3v) is 15.2. The van der Waals surface area contributed by atoms with Crippen molar-refractivity contribution in [1.82, 2.24) is 29.6 Å². The molecular formula is C60H70N11O11S2+. The number of anilines is 3. The molecular weight excluding hydrogens is 1110 g/mol. The van der Waals surface area contributed by atoms with E-state index in [1.807, 2.05) is 103 Å². The predicted molar refractivity (Wildman–Crippen MR) is 318 cm³/mol. The number of hydrogen-bond acceptors (Lipinski definition) is 18. The zero-order chi connectivity index (χ0) is 60.6. The number of carbonyl (C=O) groups excluding carboxylic acids is 6. The fourth-order valence-corrected chi connectivity index (χ4v) is 11.1. The molecule has 0 saturated carbocycles. The van der Waals surface area contributed by atoms with Crippen LogP contribution in [0.2, 0.25) is 0 Å². The molecule has 8 rings (SSSR count). The molecule has 1 fully saturated rings. The topological polar surface area (TPSA) is 273 Å². The van der Waals surface area contributed by atoms with Crippen molar-refractivity contribution in [3.05, 3.63) is 161 Å². The lowest BCUT2D eigenvalue weighted by Gasteiger charge is -2.49. The smallest absolute Gasteiger partial charge is 0.407 e. The maximum Gasteiger partial charge on any atom is 0.407 e. The minimum atomic E-state index is -1.65. The fourth-order valence-electron chi connectivity index (χ4n) is 9.28. The second kappa shape index (κ2) is 25.8. The Morgan fingerprint density at radius 3 is 1.93 bits per heavy atom. The zero-order valence-electron chi connectivity index (χ0n) is 48.5. The number of amides is 4. The molecule has 4 heterocycles. The first-order valence-corrected chi connectivity index (χ1v) is 28.8. The summed E-state index contributed by atoms with van der Waals surface area (Å²) < 4.78 is 30.0. The van der Waals surface area contributed by atoms with Gasteiger partial charge in [0.2, 0.25) is 23.5 Å². The van der Waals surface area contributed by atoms with Crippen LogP contribution in [0.15, 0.2) is 138 Å². The monoisotopic (exact) mass is 1180 g/mol. The lowest BCUT2D eigenvalue weighted by molar-refractivity contribution is -0.765. The maximum atomic E-state index is 14.8. The number of benzene rings is 4. The average molecular weight is 1190 g/mol. The van der Waals surface area contributed by atoms with Crippen molar-refractivity contribution < 1.29 is 57.2 Å². The average Bonchev–Trinajstić information content (AvgIpc) is 1.27. The van der Waals surface area contributed by atoms with Gasteiger partial charge in [0.15, 0.2) is 34.7 Å². The number of nitrogens with zero attached hydrogens (tertiary/aromatic N) is 6. The number of β-lactam (4-membered cyclic amide) rings is 1. The highest BCUT2D eigenvalue weighted by molar-refractivity contribution is 8.00. The molecule has 24 heteroatoms. The van der Waals surface area contributed by atoms with Crippen LogP contribution >= 0.6 is 23.3 Å². The first-order chi connectivity index (χ1) is 39.9. The first-order valence-electron chi connectivity index (χ1n) is 27.0. The highest BCUT2D eigenvalue weighted by atomic mass is 32.2. The second-order valence-electron chi connectivity index (χ2n) is 22.3. The van der Waals surface area contributed by atoms with Gasteiger partial charge in [0.05, 0.1) is 25.4 Å². The number of aromatic nitrogens is 4. The van der Waals surface area contributed by atoms with E-state index < -0.39 is 75.8 Å². The molecule has 0 radical (unpaired) electrons. The molecule has 2 aliphatic rings. The number of esters is 2. The summed E-state index contributed by atoms with van der Waals surface area (Å²) in [6.45, 7) is 13.2. The second-order valence-corrected chi connectivity index (χ2v) is 24.2. The number of oxime groups is 1. The quantitative estimate of drug-likeness (QED) is 0.00633. The van der Waals surface area contributed by atoms with Crippen LogP contribution in [0.3, 0.4) is 0 Å². The van der Waals surface area contributed by atoms with E-state index in [9.17, 15) is 28.8 Å². The molecule has 0 bridgehead atoms. The summed E-state index contributed by atoms with van der Waals surface area (Å²) in [6, 6.07) is 36.1. The molecule has 2 aliphatic heterocycles. The summed E-state index contributed by atoms with van der Waals surface area (Å²) in [5.41, 5.74) is 5.40. The minimum absolute atomic E-state index is 0.00185. The molecule has 1 saturated heterocycles. The number of rotatable bonds is 22. The van der Waals surface area contributed by atoms with Crippen LogP contribution in [0.5, 0.6) is 5.75 Å². The van der Waals surface area contributed by atoms with Gasteiger partial charge in [-0.2, -0.15) is 9.36 Å². The fraction of sp³-hybridized carbons (Fsp3) is 0.367. The number of alkyl carbamates (subject to hydrolysis) is 1. The van der Waals surface area contributed by atoms with Gasteiger partial charge in [-0.3, -0.25) is 19.8 Å². The maximum absolute atomic E-state index is 14.8. The van der Waals surface area contributed by atoms with Gasteiger partial charge in [-0.15, -0.1) is 21.1 Å². The van der Waals surface area contributed by atoms with Gasteiger partial charge >= 0.3 is 24.1 Å². The number of ether oxygens (including phenoxy) is 4. The highest BCUT2D eigenvalue weighted by Crippen LogP contribution is 2.46. The van der Waals surface area contributed by atoms with Gasteiger partial charge in [0, 0.05) is 42.4 Å². The van der Waals surface area contributed by atoms with Crippen molar-refractivity contribution in [2.75, 3.05) is 42.3 Å². The van der Waals surface area contributed by atoms with Crippen molar-refractivity contribution in [2.45, 2.75) is 103 Å². The molecule has 2 aromatic heterocycles. The summed E-state index contributed by atoms with van der Waals surface area (Å²) in [6.07, 6.45) is 0.699. The van der Waals surface area contributed by atoms with Gasteiger partial charge in [-0.25, -0.2) is 19.2 Å². The Morgan fingerprint density at radius 2 is 1.38 bits per heavy atom. The molecule has 6 aromatic rings. The lowest BCUT2D eigenvalue weighted by Crippen LogP contribution is -2.62. The Labute approximate surface area is 495 Å². The third-order valence-electron chi connectivity index (χ3n) is 13.3. The molecule has 2 atom stereocenters. The molecule has 0 aliphatic carbocycles. The Bertz CT molecular complexity index is 3330. The molecule has 22 nitrogen and oxygen atoms in total. The van der Waals surface area contributed by atoms with Gasteiger partial charge in [-0.05, 0) is 89.8 Å². The molecule has 6 N–H and O–H groups in total. The largest absolute Gasteiger partial charge is 0.497 e. The number of nitrogens with one attached hydrogen (secondary N) is 4. The van der Waals surface area contributed by atoms with Crippen LogP contribution in [-0.2, 0) is 64.0 Å². The number of ketones is 1. The van der Waals surface area contributed by atoms with Crippen LogP contribution in [-0.4, -0.2) is 109 Å². The summed E-state index contributed by atoms with van der Waals surface area (Å²) in [5.74, 6) is -2.59. The number of hydrogen-bond donors (Lipinski definition) is 5. The van der Waals surface area contributed by atoms with E-state index in [-0.39, 0.29) is 54.4 Å². The summed E-state index contributed by atoms with van der Waals surface area (Å²) >= 11 is 2.17. The zero-order valence-corrected chi connectivity index (χ0v) is 50.1. The van der Waals surface area contributed by atoms with Crippen LogP contribution < -0.4 is 36.4 Å². The first kappa shape index (κ1) is 61.3. The number of nitrogens with two attached hydrogens (primary N) is 1. The van der Waals surface area contributed by atoms with Gasteiger partial charge in [0.1, 0.15) is 34.8 Å². The summed E-state index contributed by atoms with van der Waals surface area (Å²) in [5, 5.41) is 15.8. The van der Waals surface area contributed by atoms with E-state index in [1.54, 1.807) is 83.8 Å². The van der Waals surface area contributed by atoms with E-state index in [0.29, 0.717) is 28.4 Å². The van der Waals surface area contributed by atoms with E-state index >= 15 is 0 Å². The Kier molecular flexibility index (Phi) is 18.8. The SMILES string of the molecule is COc1ccc(COC(=O)C2=C(C[n+]3cc(NC(=O)NCCNC(=O)OC(C)(C)C)c(NC(c4ccccc4)(c4ccccc4)c4ccccc4)n3C)CS[C@@H]3[C@H](CC(=O)/C(=N\OC(C)(C)C(=O)OC(C)(C)C)c4nsc(N)n4)C(=O)N23)cc1. The van der Waals surface area contributed by atoms with Gasteiger partial charge in [-0.1, -0.05) is 108 Å². The van der Waals surface area contributed by atoms with Gasteiger partial charge in [0.25, 0.3) is 0 Å². The Morgan fingerprint density at radius 1 is 0.798 bits per heavy atom. The van der Waals surface area contributed by atoms with Crippen molar-refractivity contribution in [3.63, 3.8) is 0 Å². The normalized spacial score (nSPS) is 15.5. The summed E-state index contributed by atoms with van der Waals surface area (Å²) in [7, 11) is 3.35. The molecule has 4 amide bonds. The van der Waals surface area contributed by atoms with E-state index in [4.69, 9.17) is 29.5 Å². The Hall–Kier alpha value is -8.77. The lowest BCUT2D eigenvalue weighted by atomic mass is 9.77. The van der Waals surface area contributed by atoms with Crippen LogP contribution in [0.4, 0.5) is 26.2 Å². The summed E-state index contributed by atoms with van der Waals surface area (Å²) in [4.78, 5) is 94.6. The predicted octanol–water partition coefficient (Wildman–Crippen LogP) is 7.83. The number of thioether (sulfide) groups is 1. The van der Waals surface area contributed by atoms with Crippen molar-refractivity contribution in [3.8, 4) is 5.75 Å². The number of fused-ring (bicyclic) bond motifs is 1. The van der Waals surface area contributed by atoms with Crippen molar-refractivity contribution in [1.29, 1.82) is 0 Å². The molecule has 84 heavy (non-hydrogen) atoms. The Balaban J connectivity index is 1.16. The number of urea groups is 1. The molecule has 442 valence electrons. The minimum Gasteiger partial charge on any atom is -0.497 e. The molecule has 0 spiro atoms. The van der Waals surface area contributed by atoms with Crippen LogP contribution in [0, 0.1) is 5.92 Å². The number of methoxy groups -OCH3 is 1. The standard InChI is InChI=1S/C60H69N11O11S2/c1-57(2,3)80-53(75)59(7,8)82-67-46(48-65-54(61)84-68-48)45(72)32-43-50(73)71-47(52(74)79-35-37-26-28-42(78-10)29-27-37)38(36-83-51(43)71)33-70-34-44(64-55(76)62-30-31-63-56(77)81-58(4,5)6)49(69(70)9)66-60(39-20-14-11-15-21-39,40-22-16-12-17-23-40)41-24-18-13-19-25-41/h11-29,34,43,51H,30-33,35-36H2,1-10H3,(H5,61,62,63,64,65,68,76,77)/p+1/b67-46+/t43-,51-/m1/s1. The van der Waals surface area contributed by atoms with Crippen molar-refractivity contribution >= 4 is 81.4 Å². The highest BCUT2D eigenvalue weighted by Gasteiger charge is 2.55. The third kappa shape index (κ3) is 14.5. The number of Topliss-reactive ketones (excluding diaryl/α,β-unsaturated/α-hetero) is 1. The van der Waals surface area contributed by atoms with E-state index in [0.717, 1.165) is 28.2 Å². The van der Waals surface area contributed by atoms with E-state index in [1.165, 1.54) is 30.5 Å². The van der Waals surface area contributed by atoms with E-state index in [2.05, 4.69) is 35.8 Å². The van der Waals surface area contributed by atoms with Crippen molar-refractivity contribution in [2.24, 2.45) is 18.1 Å². The number of carbonyl (C=O) groups is 6. The molecule has 4 aromatic carbocycles. The van der Waals surface area contributed by atoms with Crippen LogP contribution in [0.1, 0.15) is 89.9 Å².